The zero-order chi connectivity index (χ0) is 10.6. The van der Waals surface area contributed by atoms with Crippen molar-refractivity contribution in [3.63, 3.8) is 0 Å². The van der Waals surface area contributed by atoms with Gasteiger partial charge in [-0.15, -0.1) is 6.58 Å². The first kappa shape index (κ1) is 10.3. The minimum absolute atomic E-state index is 0.114. The molecule has 1 rings (SSSR count). The number of rotatable bonds is 4. The lowest BCUT2D eigenvalue weighted by Gasteiger charge is -2.12. The molecule has 0 aliphatic carbocycles. The second-order valence-corrected chi connectivity index (χ2v) is 3.06. The van der Waals surface area contributed by atoms with E-state index in [1.165, 1.54) is 6.33 Å². The molecule has 0 fully saturated rings. The van der Waals surface area contributed by atoms with Gasteiger partial charge in [0.15, 0.2) is 5.82 Å². The van der Waals surface area contributed by atoms with Crippen molar-refractivity contribution in [3.05, 3.63) is 29.3 Å². The molecule has 14 heavy (non-hydrogen) atoms. The number of H-pyrrole nitrogens is 1. The average molecular weight is 194 g/mol. The number of aromatic amines is 1. The maximum atomic E-state index is 11.1. The van der Waals surface area contributed by atoms with Crippen molar-refractivity contribution in [2.24, 2.45) is 0 Å². The summed E-state index contributed by atoms with van der Waals surface area (Å²) < 4.78 is 0. The number of nitrogen functional groups attached to an aromatic ring is 1. The Kier molecular flexibility index (Phi) is 3.28. The number of aromatic nitrogens is 2. The number of hydrogen-bond donors (Lipinski definition) is 3. The molecule has 0 aromatic carbocycles. The number of nitrogens with zero attached hydrogens (tertiary/aromatic N) is 1. The zero-order valence-corrected chi connectivity index (χ0v) is 8.08. The molecule has 1 aromatic heterocycles. The Labute approximate surface area is 82.1 Å². The predicted octanol–water partition coefficient (Wildman–Crippen LogP) is 0.729. The molecule has 1 atom stereocenters. The third-order valence-corrected chi connectivity index (χ3v) is 1.79. The van der Waals surface area contributed by atoms with Gasteiger partial charge in [0.05, 0.1) is 6.33 Å². The summed E-state index contributed by atoms with van der Waals surface area (Å²) in [5.41, 5.74) is 5.32. The maximum Gasteiger partial charge on any atom is 0.276 e. The summed E-state index contributed by atoms with van der Waals surface area (Å²) in [6.07, 6.45) is 3.90. The smallest absolute Gasteiger partial charge is 0.276 e. The number of nitrogens with two attached hydrogens (primary N) is 1. The Bertz CT molecular complexity index is 371. The largest absolute Gasteiger partial charge is 0.391 e. The molecular weight excluding hydrogens is 180 g/mol. The third-order valence-electron chi connectivity index (χ3n) is 1.79. The van der Waals surface area contributed by atoms with Gasteiger partial charge in [0.1, 0.15) is 5.69 Å². The van der Waals surface area contributed by atoms with Gasteiger partial charge >= 0.3 is 0 Å². The van der Waals surface area contributed by atoms with Gasteiger partial charge in [-0.1, -0.05) is 6.08 Å². The molecule has 1 unspecified atom stereocenters. The molecule has 5 heteroatoms. The Morgan fingerprint density at radius 2 is 2.57 bits per heavy atom. The summed E-state index contributed by atoms with van der Waals surface area (Å²) in [7, 11) is 0. The monoisotopic (exact) mass is 194 g/mol. The molecule has 0 saturated heterocycles. The van der Waals surface area contributed by atoms with E-state index in [-0.39, 0.29) is 17.3 Å². The fourth-order valence-electron chi connectivity index (χ4n) is 1.07. The van der Waals surface area contributed by atoms with Crippen LogP contribution < -0.4 is 16.6 Å². The van der Waals surface area contributed by atoms with Gasteiger partial charge in [0, 0.05) is 6.04 Å². The van der Waals surface area contributed by atoms with Crippen molar-refractivity contribution in [2.45, 2.75) is 19.4 Å². The van der Waals surface area contributed by atoms with Crippen molar-refractivity contribution in [3.8, 4) is 0 Å². The van der Waals surface area contributed by atoms with E-state index < -0.39 is 0 Å². The first-order valence-corrected chi connectivity index (χ1v) is 4.35. The van der Waals surface area contributed by atoms with Crippen molar-refractivity contribution in [1.82, 2.24) is 9.97 Å². The predicted molar refractivity (Wildman–Crippen MR) is 57.2 cm³/mol. The van der Waals surface area contributed by atoms with Gasteiger partial charge in [-0.25, -0.2) is 4.98 Å². The standard InChI is InChI=1S/C9H14N4O/c1-3-4-6(2)13-8-7(10)9(14)12-5-11-8/h3,5-6H,1,4,10H2,2H3,(H2,11,12,13,14). The van der Waals surface area contributed by atoms with Crippen LogP contribution in [0.4, 0.5) is 11.5 Å². The fraction of sp³-hybridized carbons (Fsp3) is 0.333. The minimum Gasteiger partial charge on any atom is -0.391 e. The van der Waals surface area contributed by atoms with Gasteiger partial charge in [-0.2, -0.15) is 0 Å². The van der Waals surface area contributed by atoms with E-state index >= 15 is 0 Å². The van der Waals surface area contributed by atoms with Gasteiger partial charge in [-0.05, 0) is 13.3 Å². The lowest BCUT2D eigenvalue weighted by molar-refractivity contribution is 0.806. The van der Waals surface area contributed by atoms with E-state index in [4.69, 9.17) is 5.73 Å². The van der Waals surface area contributed by atoms with Crippen LogP contribution in [0.2, 0.25) is 0 Å². The molecule has 4 N–H and O–H groups in total. The van der Waals surface area contributed by atoms with Crippen LogP contribution >= 0.6 is 0 Å². The van der Waals surface area contributed by atoms with Crippen LogP contribution in [0.3, 0.4) is 0 Å². The number of hydrogen-bond acceptors (Lipinski definition) is 4. The van der Waals surface area contributed by atoms with Crippen LogP contribution in [0.1, 0.15) is 13.3 Å². The van der Waals surface area contributed by atoms with Crippen LogP contribution in [0.15, 0.2) is 23.8 Å². The highest BCUT2D eigenvalue weighted by atomic mass is 16.1. The molecule has 1 heterocycles. The summed E-state index contributed by atoms with van der Waals surface area (Å²) in [6.45, 7) is 5.58. The molecule has 0 spiro atoms. The molecule has 0 radical (unpaired) electrons. The highest BCUT2D eigenvalue weighted by Gasteiger charge is 2.06. The van der Waals surface area contributed by atoms with Gasteiger partial charge in [0.25, 0.3) is 5.56 Å². The molecule has 0 amide bonds. The molecule has 5 nitrogen and oxygen atoms in total. The van der Waals surface area contributed by atoms with Gasteiger partial charge in [-0.3, -0.25) is 4.79 Å². The van der Waals surface area contributed by atoms with E-state index in [0.717, 1.165) is 6.42 Å². The van der Waals surface area contributed by atoms with E-state index in [1.807, 2.05) is 6.92 Å². The summed E-state index contributed by atoms with van der Waals surface area (Å²) in [5, 5.41) is 3.02. The van der Waals surface area contributed by atoms with Crippen LogP contribution in [-0.2, 0) is 0 Å². The summed E-state index contributed by atoms with van der Waals surface area (Å²) in [5.74, 6) is 0.420. The highest BCUT2D eigenvalue weighted by molar-refractivity contribution is 5.59. The first-order chi connectivity index (χ1) is 6.65. The van der Waals surface area contributed by atoms with E-state index in [2.05, 4.69) is 21.9 Å². The molecule has 76 valence electrons. The van der Waals surface area contributed by atoms with E-state index in [0.29, 0.717) is 5.82 Å². The van der Waals surface area contributed by atoms with Crippen LogP contribution in [0, 0.1) is 0 Å². The van der Waals surface area contributed by atoms with Gasteiger partial charge in [0.2, 0.25) is 0 Å². The van der Waals surface area contributed by atoms with Gasteiger partial charge < -0.3 is 16.0 Å². The topological polar surface area (TPSA) is 83.8 Å². The molecule has 0 aliphatic rings. The van der Waals surface area contributed by atoms with Crippen LogP contribution in [0.25, 0.3) is 0 Å². The minimum atomic E-state index is -0.326. The molecule has 1 aromatic rings. The Morgan fingerprint density at radius 1 is 1.86 bits per heavy atom. The summed E-state index contributed by atoms with van der Waals surface area (Å²) in [6, 6.07) is 0.157. The van der Waals surface area contributed by atoms with E-state index in [1.54, 1.807) is 6.08 Å². The quantitative estimate of drug-likeness (QED) is 0.617. The van der Waals surface area contributed by atoms with Crippen LogP contribution in [0.5, 0.6) is 0 Å². The second-order valence-electron chi connectivity index (χ2n) is 3.06. The van der Waals surface area contributed by atoms with E-state index in [9.17, 15) is 4.79 Å². The molecule has 0 aliphatic heterocycles. The second kappa shape index (κ2) is 4.45. The lowest BCUT2D eigenvalue weighted by Crippen LogP contribution is -2.21. The molecular formula is C9H14N4O. The Morgan fingerprint density at radius 3 is 3.21 bits per heavy atom. The van der Waals surface area contributed by atoms with Crippen molar-refractivity contribution in [1.29, 1.82) is 0 Å². The van der Waals surface area contributed by atoms with Crippen molar-refractivity contribution >= 4 is 11.5 Å². The number of anilines is 2. The Hall–Kier alpha value is -1.78. The summed E-state index contributed by atoms with van der Waals surface area (Å²) in [4.78, 5) is 17.4. The molecule has 0 saturated carbocycles. The third kappa shape index (κ3) is 2.35. The number of nitrogens with one attached hydrogen (secondary N) is 2. The zero-order valence-electron chi connectivity index (χ0n) is 8.08. The lowest BCUT2D eigenvalue weighted by atomic mass is 10.2. The summed E-state index contributed by atoms with van der Waals surface area (Å²) >= 11 is 0. The highest BCUT2D eigenvalue weighted by Crippen LogP contribution is 2.10. The first-order valence-electron chi connectivity index (χ1n) is 4.35. The van der Waals surface area contributed by atoms with Crippen molar-refractivity contribution < 1.29 is 0 Å². The molecule has 0 bridgehead atoms. The average Bonchev–Trinajstić information content (AvgIpc) is 2.13. The van der Waals surface area contributed by atoms with Crippen LogP contribution in [-0.4, -0.2) is 16.0 Å². The SMILES string of the molecule is C=CCC(C)Nc1nc[nH]c(=O)c1N. The maximum absolute atomic E-state index is 11.1. The Balaban J connectivity index is 2.81. The van der Waals surface area contributed by atoms with Crippen molar-refractivity contribution in [2.75, 3.05) is 11.1 Å². The fourth-order valence-corrected chi connectivity index (χ4v) is 1.07. The normalized spacial score (nSPS) is 12.1.